The molecule has 1 aromatic rings. The zero-order chi connectivity index (χ0) is 10.9. The van der Waals surface area contributed by atoms with Crippen LogP contribution in [0.4, 0.5) is 0 Å². The molecule has 0 saturated heterocycles. The van der Waals surface area contributed by atoms with Crippen LogP contribution < -0.4 is 5.32 Å². The Balaban J connectivity index is 0.00000225. The largest absolute Gasteiger partial charge is 0.481 e. The molecular weight excluding hydrogens is 226 g/mol. The van der Waals surface area contributed by atoms with Crippen molar-refractivity contribution in [1.82, 2.24) is 5.32 Å². The number of halogens is 1. The van der Waals surface area contributed by atoms with Crippen molar-refractivity contribution < 1.29 is 9.90 Å². The molecule has 0 amide bonds. The van der Waals surface area contributed by atoms with Gasteiger partial charge in [0.1, 0.15) is 0 Å². The van der Waals surface area contributed by atoms with Gasteiger partial charge in [-0.1, -0.05) is 42.5 Å². The van der Waals surface area contributed by atoms with E-state index in [-0.39, 0.29) is 18.8 Å². The van der Waals surface area contributed by atoms with E-state index in [9.17, 15) is 4.79 Å². The van der Waals surface area contributed by atoms with Gasteiger partial charge in [0, 0.05) is 13.1 Å². The third-order valence-corrected chi connectivity index (χ3v) is 1.89. The summed E-state index contributed by atoms with van der Waals surface area (Å²) in [6.45, 7) is 1.20. The average Bonchev–Trinajstić information content (AvgIpc) is 2.24. The highest BCUT2D eigenvalue weighted by Crippen LogP contribution is 1.99. The van der Waals surface area contributed by atoms with Crippen LogP contribution in [0.3, 0.4) is 0 Å². The minimum atomic E-state index is -0.769. The first-order valence-electron chi connectivity index (χ1n) is 4.93. The smallest absolute Gasteiger partial charge is 0.304 e. The standard InChI is InChI=1S/C12H15NO2.ClH/c14-12(15)8-10-13-9-4-7-11-5-2-1-3-6-11;/h1-7,13H,8-10H2,(H,14,15);1H/b7-4+;. The molecule has 0 aliphatic rings. The summed E-state index contributed by atoms with van der Waals surface area (Å²) in [4.78, 5) is 10.2. The topological polar surface area (TPSA) is 49.3 Å². The summed E-state index contributed by atoms with van der Waals surface area (Å²) in [5.74, 6) is -0.769. The molecule has 0 unspecified atom stereocenters. The Morgan fingerprint density at radius 3 is 2.62 bits per heavy atom. The fourth-order valence-corrected chi connectivity index (χ4v) is 1.14. The van der Waals surface area contributed by atoms with Crippen LogP contribution in [0.1, 0.15) is 12.0 Å². The first kappa shape index (κ1) is 14.7. The van der Waals surface area contributed by atoms with Crippen LogP contribution in [0.15, 0.2) is 36.4 Å². The SMILES string of the molecule is Cl.O=C(O)CCNC/C=C/c1ccccc1. The molecule has 1 rings (SSSR count). The summed E-state index contributed by atoms with van der Waals surface area (Å²) in [5, 5.41) is 11.4. The number of rotatable bonds is 6. The average molecular weight is 242 g/mol. The van der Waals surface area contributed by atoms with Crippen LogP contribution in [0.5, 0.6) is 0 Å². The highest BCUT2D eigenvalue weighted by Gasteiger charge is 1.92. The van der Waals surface area contributed by atoms with E-state index in [1.165, 1.54) is 0 Å². The van der Waals surface area contributed by atoms with Crippen molar-refractivity contribution in [2.24, 2.45) is 0 Å². The van der Waals surface area contributed by atoms with Crippen LogP contribution in [0.2, 0.25) is 0 Å². The van der Waals surface area contributed by atoms with Gasteiger partial charge in [0.25, 0.3) is 0 Å². The molecule has 1 aromatic carbocycles. The maximum atomic E-state index is 10.2. The van der Waals surface area contributed by atoms with Gasteiger partial charge in [-0.3, -0.25) is 4.79 Å². The predicted molar refractivity (Wildman–Crippen MR) is 67.8 cm³/mol. The second kappa shape index (κ2) is 8.95. The van der Waals surface area contributed by atoms with E-state index in [1.807, 2.05) is 42.5 Å². The molecule has 0 radical (unpaired) electrons. The number of carbonyl (C=O) groups is 1. The molecule has 0 bridgehead atoms. The Labute approximate surface area is 102 Å². The fraction of sp³-hybridized carbons (Fsp3) is 0.250. The van der Waals surface area contributed by atoms with Crippen LogP contribution >= 0.6 is 12.4 Å². The molecular formula is C12H16ClNO2. The number of nitrogens with one attached hydrogen (secondary N) is 1. The monoisotopic (exact) mass is 241 g/mol. The second-order valence-corrected chi connectivity index (χ2v) is 3.16. The highest BCUT2D eigenvalue weighted by molar-refractivity contribution is 5.85. The summed E-state index contributed by atoms with van der Waals surface area (Å²) < 4.78 is 0. The van der Waals surface area contributed by atoms with E-state index in [0.717, 1.165) is 5.56 Å². The molecule has 0 aliphatic heterocycles. The van der Waals surface area contributed by atoms with Gasteiger partial charge in [0.05, 0.1) is 6.42 Å². The van der Waals surface area contributed by atoms with Gasteiger partial charge in [0.2, 0.25) is 0 Å². The molecule has 0 spiro atoms. The van der Waals surface area contributed by atoms with Gasteiger partial charge in [-0.15, -0.1) is 12.4 Å². The van der Waals surface area contributed by atoms with Crippen molar-refractivity contribution in [2.45, 2.75) is 6.42 Å². The molecule has 0 heterocycles. The van der Waals surface area contributed by atoms with Gasteiger partial charge in [-0.25, -0.2) is 0 Å². The van der Waals surface area contributed by atoms with Crippen molar-refractivity contribution in [1.29, 1.82) is 0 Å². The third-order valence-electron chi connectivity index (χ3n) is 1.89. The van der Waals surface area contributed by atoms with E-state index in [1.54, 1.807) is 0 Å². The van der Waals surface area contributed by atoms with E-state index < -0.39 is 5.97 Å². The Morgan fingerprint density at radius 2 is 2.00 bits per heavy atom. The summed E-state index contributed by atoms with van der Waals surface area (Å²) in [7, 11) is 0. The van der Waals surface area contributed by atoms with Gasteiger partial charge >= 0.3 is 5.97 Å². The van der Waals surface area contributed by atoms with Gasteiger partial charge < -0.3 is 10.4 Å². The molecule has 0 fully saturated rings. The lowest BCUT2D eigenvalue weighted by atomic mass is 10.2. The Hall–Kier alpha value is -1.32. The minimum absolute atomic E-state index is 0. The van der Waals surface area contributed by atoms with Crippen LogP contribution in [-0.4, -0.2) is 24.2 Å². The van der Waals surface area contributed by atoms with E-state index in [2.05, 4.69) is 5.32 Å². The third kappa shape index (κ3) is 7.04. The first-order chi connectivity index (χ1) is 7.29. The Morgan fingerprint density at radius 1 is 1.31 bits per heavy atom. The van der Waals surface area contributed by atoms with E-state index in [0.29, 0.717) is 13.1 Å². The molecule has 2 N–H and O–H groups in total. The summed E-state index contributed by atoms with van der Waals surface area (Å²) in [5.41, 5.74) is 1.15. The van der Waals surface area contributed by atoms with Crippen LogP contribution in [0, 0.1) is 0 Å². The summed E-state index contributed by atoms with van der Waals surface area (Å²) >= 11 is 0. The van der Waals surface area contributed by atoms with Crippen LogP contribution in [-0.2, 0) is 4.79 Å². The summed E-state index contributed by atoms with van der Waals surface area (Å²) in [6, 6.07) is 9.99. The maximum Gasteiger partial charge on any atom is 0.304 e. The van der Waals surface area contributed by atoms with Gasteiger partial charge in [-0.05, 0) is 5.56 Å². The quantitative estimate of drug-likeness (QED) is 0.751. The summed E-state index contributed by atoms with van der Waals surface area (Å²) in [6.07, 6.45) is 4.16. The first-order valence-corrected chi connectivity index (χ1v) is 4.93. The predicted octanol–water partition coefficient (Wildman–Crippen LogP) is 2.19. The fourth-order valence-electron chi connectivity index (χ4n) is 1.14. The molecule has 0 saturated carbocycles. The molecule has 4 heteroatoms. The van der Waals surface area contributed by atoms with E-state index in [4.69, 9.17) is 5.11 Å². The Kier molecular flexibility index (Phi) is 8.21. The van der Waals surface area contributed by atoms with Crippen molar-refractivity contribution in [3.63, 3.8) is 0 Å². The Bertz CT molecular complexity index is 325. The maximum absolute atomic E-state index is 10.2. The number of hydrogen-bond acceptors (Lipinski definition) is 2. The number of aliphatic carboxylic acids is 1. The van der Waals surface area contributed by atoms with Crippen molar-refractivity contribution in [3.8, 4) is 0 Å². The lowest BCUT2D eigenvalue weighted by Gasteiger charge is -1.97. The lowest BCUT2D eigenvalue weighted by molar-refractivity contribution is -0.136. The van der Waals surface area contributed by atoms with Crippen molar-refractivity contribution in [2.75, 3.05) is 13.1 Å². The normalized spacial score (nSPS) is 10.0. The zero-order valence-corrected chi connectivity index (χ0v) is 9.74. The van der Waals surface area contributed by atoms with E-state index >= 15 is 0 Å². The molecule has 88 valence electrons. The lowest BCUT2D eigenvalue weighted by Crippen LogP contribution is -2.17. The second-order valence-electron chi connectivity index (χ2n) is 3.16. The molecule has 0 aliphatic carbocycles. The molecule has 3 nitrogen and oxygen atoms in total. The highest BCUT2D eigenvalue weighted by atomic mass is 35.5. The van der Waals surface area contributed by atoms with Gasteiger partial charge in [0.15, 0.2) is 0 Å². The number of benzene rings is 1. The number of hydrogen-bond donors (Lipinski definition) is 2. The van der Waals surface area contributed by atoms with Crippen LogP contribution in [0.25, 0.3) is 6.08 Å². The zero-order valence-electron chi connectivity index (χ0n) is 8.93. The number of carboxylic acid groups (broad SMARTS) is 1. The van der Waals surface area contributed by atoms with Gasteiger partial charge in [-0.2, -0.15) is 0 Å². The van der Waals surface area contributed by atoms with Crippen molar-refractivity contribution >= 4 is 24.5 Å². The minimum Gasteiger partial charge on any atom is -0.481 e. The van der Waals surface area contributed by atoms with Crippen molar-refractivity contribution in [3.05, 3.63) is 42.0 Å². The molecule has 16 heavy (non-hydrogen) atoms. The number of carboxylic acids is 1. The molecule has 0 aromatic heterocycles. The molecule has 0 atom stereocenters.